The molecule has 1 atom stereocenters. The highest BCUT2D eigenvalue weighted by molar-refractivity contribution is 5.46. The van der Waals surface area contributed by atoms with Crippen molar-refractivity contribution in [1.29, 1.82) is 0 Å². The summed E-state index contributed by atoms with van der Waals surface area (Å²) in [5.41, 5.74) is 8.28. The molecule has 3 nitrogen and oxygen atoms in total. The normalized spacial score (nSPS) is 18.3. The van der Waals surface area contributed by atoms with Gasteiger partial charge in [0, 0.05) is 18.6 Å². The first-order valence-corrected chi connectivity index (χ1v) is 7.74. The standard InChI is InChI=1S/C16H27N3/c1-3-15(17)16-11-10-14(12-18-16)19(4-2)13-8-6-5-7-9-13/h10-13,15H,3-9,17H2,1-2H3. The number of pyridine rings is 1. The highest BCUT2D eigenvalue weighted by Gasteiger charge is 2.20. The Kier molecular flexibility index (Phi) is 5.20. The molecular formula is C16H27N3. The molecule has 0 aromatic carbocycles. The first-order valence-electron chi connectivity index (χ1n) is 7.74. The van der Waals surface area contributed by atoms with Crippen molar-refractivity contribution in [2.75, 3.05) is 11.4 Å². The minimum Gasteiger partial charge on any atom is -0.368 e. The second-order valence-corrected chi connectivity index (χ2v) is 5.53. The quantitative estimate of drug-likeness (QED) is 0.879. The number of aromatic nitrogens is 1. The van der Waals surface area contributed by atoms with E-state index in [1.807, 2.05) is 6.20 Å². The van der Waals surface area contributed by atoms with Crippen LogP contribution in [0.5, 0.6) is 0 Å². The van der Waals surface area contributed by atoms with E-state index in [4.69, 9.17) is 5.73 Å². The highest BCUT2D eigenvalue weighted by atomic mass is 15.2. The van der Waals surface area contributed by atoms with Crippen LogP contribution in [0.25, 0.3) is 0 Å². The van der Waals surface area contributed by atoms with Gasteiger partial charge in [0.05, 0.1) is 17.6 Å². The van der Waals surface area contributed by atoms with Crippen LogP contribution >= 0.6 is 0 Å². The van der Waals surface area contributed by atoms with Crippen molar-refractivity contribution < 1.29 is 0 Å². The van der Waals surface area contributed by atoms with Crippen molar-refractivity contribution in [2.24, 2.45) is 5.73 Å². The average Bonchev–Trinajstić information content (AvgIpc) is 2.49. The number of rotatable bonds is 5. The van der Waals surface area contributed by atoms with Gasteiger partial charge in [0.15, 0.2) is 0 Å². The van der Waals surface area contributed by atoms with Gasteiger partial charge < -0.3 is 10.6 Å². The van der Waals surface area contributed by atoms with Crippen LogP contribution in [-0.2, 0) is 0 Å². The Morgan fingerprint density at radius 2 is 2.00 bits per heavy atom. The van der Waals surface area contributed by atoms with Crippen LogP contribution in [0.4, 0.5) is 5.69 Å². The Labute approximate surface area is 117 Å². The van der Waals surface area contributed by atoms with Gasteiger partial charge in [0.1, 0.15) is 0 Å². The van der Waals surface area contributed by atoms with Crippen molar-refractivity contribution in [2.45, 2.75) is 64.5 Å². The van der Waals surface area contributed by atoms with Crippen molar-refractivity contribution in [3.8, 4) is 0 Å². The summed E-state index contributed by atoms with van der Waals surface area (Å²) < 4.78 is 0. The molecule has 1 saturated carbocycles. The zero-order valence-corrected chi connectivity index (χ0v) is 12.3. The van der Waals surface area contributed by atoms with Gasteiger partial charge in [0.2, 0.25) is 0 Å². The van der Waals surface area contributed by atoms with E-state index < -0.39 is 0 Å². The maximum atomic E-state index is 6.02. The van der Waals surface area contributed by atoms with Crippen LogP contribution in [0.15, 0.2) is 18.3 Å². The van der Waals surface area contributed by atoms with Crippen LogP contribution in [0, 0.1) is 0 Å². The molecule has 1 aliphatic carbocycles. The first kappa shape index (κ1) is 14.3. The van der Waals surface area contributed by atoms with Gasteiger partial charge >= 0.3 is 0 Å². The fourth-order valence-corrected chi connectivity index (χ4v) is 3.04. The van der Waals surface area contributed by atoms with E-state index in [1.54, 1.807) is 0 Å². The van der Waals surface area contributed by atoms with Gasteiger partial charge in [-0.2, -0.15) is 0 Å². The molecule has 2 rings (SSSR count). The number of anilines is 1. The van der Waals surface area contributed by atoms with E-state index in [0.29, 0.717) is 6.04 Å². The molecule has 3 heteroatoms. The van der Waals surface area contributed by atoms with E-state index in [9.17, 15) is 0 Å². The van der Waals surface area contributed by atoms with E-state index in [0.717, 1.165) is 18.7 Å². The molecular weight excluding hydrogens is 234 g/mol. The summed E-state index contributed by atoms with van der Waals surface area (Å²) >= 11 is 0. The predicted molar refractivity (Wildman–Crippen MR) is 81.3 cm³/mol. The summed E-state index contributed by atoms with van der Waals surface area (Å²) in [6, 6.07) is 5.05. The minimum atomic E-state index is 0.0683. The number of hydrogen-bond acceptors (Lipinski definition) is 3. The lowest BCUT2D eigenvalue weighted by atomic mass is 9.94. The fraction of sp³-hybridized carbons (Fsp3) is 0.688. The lowest BCUT2D eigenvalue weighted by Gasteiger charge is -2.35. The van der Waals surface area contributed by atoms with Crippen molar-refractivity contribution in [3.63, 3.8) is 0 Å². The summed E-state index contributed by atoms with van der Waals surface area (Å²) in [6.07, 6.45) is 9.72. The number of nitrogens with two attached hydrogens (primary N) is 1. The van der Waals surface area contributed by atoms with Gasteiger partial charge in [-0.3, -0.25) is 4.98 Å². The lowest BCUT2D eigenvalue weighted by molar-refractivity contribution is 0.418. The van der Waals surface area contributed by atoms with Gasteiger partial charge in [-0.1, -0.05) is 26.2 Å². The molecule has 19 heavy (non-hydrogen) atoms. The fourth-order valence-electron chi connectivity index (χ4n) is 3.04. The topological polar surface area (TPSA) is 42.1 Å². The van der Waals surface area contributed by atoms with Gasteiger partial charge in [0.25, 0.3) is 0 Å². The van der Waals surface area contributed by atoms with E-state index in [1.165, 1.54) is 37.8 Å². The summed E-state index contributed by atoms with van der Waals surface area (Å²) in [5.74, 6) is 0. The Morgan fingerprint density at radius 1 is 1.26 bits per heavy atom. The van der Waals surface area contributed by atoms with Crippen molar-refractivity contribution in [3.05, 3.63) is 24.0 Å². The lowest BCUT2D eigenvalue weighted by Crippen LogP contribution is -2.36. The molecule has 1 aliphatic rings. The zero-order valence-electron chi connectivity index (χ0n) is 12.3. The highest BCUT2D eigenvalue weighted by Crippen LogP contribution is 2.27. The average molecular weight is 261 g/mol. The molecule has 0 saturated heterocycles. The predicted octanol–water partition coefficient (Wildman–Crippen LogP) is 3.65. The Balaban J connectivity index is 2.09. The van der Waals surface area contributed by atoms with E-state index in [-0.39, 0.29) is 6.04 Å². The molecule has 1 aromatic rings. The molecule has 2 N–H and O–H groups in total. The third-order valence-electron chi connectivity index (χ3n) is 4.28. The van der Waals surface area contributed by atoms with Crippen LogP contribution in [0.3, 0.4) is 0 Å². The Morgan fingerprint density at radius 3 is 2.53 bits per heavy atom. The molecule has 0 amide bonds. The van der Waals surface area contributed by atoms with Crippen LogP contribution < -0.4 is 10.6 Å². The smallest absolute Gasteiger partial charge is 0.0572 e. The molecule has 1 aromatic heterocycles. The van der Waals surface area contributed by atoms with Gasteiger partial charge in [-0.25, -0.2) is 0 Å². The van der Waals surface area contributed by atoms with E-state index in [2.05, 4.69) is 35.9 Å². The molecule has 0 bridgehead atoms. The molecule has 0 aliphatic heterocycles. The number of nitrogens with zero attached hydrogens (tertiary/aromatic N) is 2. The maximum absolute atomic E-state index is 6.02. The summed E-state index contributed by atoms with van der Waals surface area (Å²) in [4.78, 5) is 7.05. The van der Waals surface area contributed by atoms with Gasteiger partial charge in [-0.15, -0.1) is 0 Å². The largest absolute Gasteiger partial charge is 0.368 e. The summed E-state index contributed by atoms with van der Waals surface area (Å²) in [5, 5.41) is 0. The van der Waals surface area contributed by atoms with Crippen LogP contribution in [-0.4, -0.2) is 17.6 Å². The Bertz CT molecular complexity index is 368. The molecule has 1 fully saturated rings. The number of hydrogen-bond donors (Lipinski definition) is 1. The first-order chi connectivity index (χ1) is 9.26. The van der Waals surface area contributed by atoms with Gasteiger partial charge in [-0.05, 0) is 38.3 Å². The molecule has 1 unspecified atom stereocenters. The molecule has 0 radical (unpaired) electrons. The second-order valence-electron chi connectivity index (χ2n) is 5.53. The molecule has 1 heterocycles. The molecule has 0 spiro atoms. The minimum absolute atomic E-state index is 0.0683. The zero-order chi connectivity index (χ0) is 13.7. The summed E-state index contributed by atoms with van der Waals surface area (Å²) in [6.45, 7) is 5.40. The van der Waals surface area contributed by atoms with Crippen molar-refractivity contribution >= 4 is 5.69 Å². The Hall–Kier alpha value is -1.09. The summed E-state index contributed by atoms with van der Waals surface area (Å²) in [7, 11) is 0. The van der Waals surface area contributed by atoms with Crippen molar-refractivity contribution in [1.82, 2.24) is 4.98 Å². The van der Waals surface area contributed by atoms with Crippen LogP contribution in [0.2, 0.25) is 0 Å². The van der Waals surface area contributed by atoms with E-state index >= 15 is 0 Å². The maximum Gasteiger partial charge on any atom is 0.0572 e. The monoisotopic (exact) mass is 261 g/mol. The molecule has 106 valence electrons. The SMILES string of the molecule is CCC(N)c1ccc(N(CC)C2CCCCC2)cn1. The third-order valence-corrected chi connectivity index (χ3v) is 4.28. The van der Waals surface area contributed by atoms with Crippen LogP contribution in [0.1, 0.15) is 64.1 Å². The second kappa shape index (κ2) is 6.90. The third kappa shape index (κ3) is 3.47.